The van der Waals surface area contributed by atoms with Crippen molar-refractivity contribution in [3.8, 4) is 5.88 Å². The SMILES string of the molecule is COc1nccn2c(CNC(=O)c3cc4ccccc4o3)nnc12. The Hall–Kier alpha value is -3.42. The van der Waals surface area contributed by atoms with E-state index in [4.69, 9.17) is 9.15 Å². The van der Waals surface area contributed by atoms with E-state index in [1.165, 1.54) is 7.11 Å². The van der Waals surface area contributed by atoms with Crippen LogP contribution < -0.4 is 10.1 Å². The van der Waals surface area contributed by atoms with Crippen LogP contribution in [0, 0.1) is 0 Å². The Morgan fingerprint density at radius 2 is 2.21 bits per heavy atom. The summed E-state index contributed by atoms with van der Waals surface area (Å²) in [6.07, 6.45) is 3.29. The molecule has 8 heteroatoms. The van der Waals surface area contributed by atoms with Crippen molar-refractivity contribution in [2.75, 3.05) is 7.11 Å². The Bertz CT molecular complexity index is 1000. The zero-order valence-corrected chi connectivity index (χ0v) is 12.8. The number of aromatic nitrogens is 4. The van der Waals surface area contributed by atoms with Crippen LogP contribution in [0.25, 0.3) is 16.6 Å². The van der Waals surface area contributed by atoms with E-state index in [0.717, 1.165) is 5.39 Å². The molecule has 0 fully saturated rings. The van der Waals surface area contributed by atoms with Gasteiger partial charge in [-0.15, -0.1) is 10.2 Å². The second-order valence-corrected chi connectivity index (χ2v) is 5.08. The van der Waals surface area contributed by atoms with Crippen molar-refractivity contribution >= 4 is 22.5 Å². The number of nitrogens with one attached hydrogen (secondary N) is 1. The molecule has 3 aromatic heterocycles. The zero-order chi connectivity index (χ0) is 16.5. The zero-order valence-electron chi connectivity index (χ0n) is 12.8. The Kier molecular flexibility index (Phi) is 3.34. The molecule has 0 radical (unpaired) electrons. The van der Waals surface area contributed by atoms with E-state index in [1.807, 2.05) is 24.3 Å². The average Bonchev–Trinajstić information content (AvgIpc) is 3.23. The van der Waals surface area contributed by atoms with Crippen LogP contribution in [-0.2, 0) is 6.54 Å². The number of carbonyl (C=O) groups excluding carboxylic acids is 1. The molecule has 1 N–H and O–H groups in total. The summed E-state index contributed by atoms with van der Waals surface area (Å²) in [7, 11) is 1.51. The van der Waals surface area contributed by atoms with Crippen LogP contribution in [0.4, 0.5) is 0 Å². The number of rotatable bonds is 4. The summed E-state index contributed by atoms with van der Waals surface area (Å²) in [6, 6.07) is 9.17. The topological polar surface area (TPSA) is 94.6 Å². The molecule has 0 saturated carbocycles. The largest absolute Gasteiger partial charge is 0.478 e. The van der Waals surface area contributed by atoms with Gasteiger partial charge in [0.15, 0.2) is 11.6 Å². The molecule has 0 bridgehead atoms. The lowest BCUT2D eigenvalue weighted by Crippen LogP contribution is -2.23. The second kappa shape index (κ2) is 5.65. The molecule has 0 aliphatic rings. The third-order valence-electron chi connectivity index (χ3n) is 3.61. The molecule has 4 rings (SSSR count). The first-order valence-corrected chi connectivity index (χ1v) is 7.25. The monoisotopic (exact) mass is 323 g/mol. The van der Waals surface area contributed by atoms with Gasteiger partial charge in [0.05, 0.1) is 13.7 Å². The summed E-state index contributed by atoms with van der Waals surface area (Å²) in [5, 5.41) is 11.7. The Morgan fingerprint density at radius 3 is 3.04 bits per heavy atom. The highest BCUT2D eigenvalue weighted by Crippen LogP contribution is 2.19. The number of fused-ring (bicyclic) bond motifs is 2. The van der Waals surface area contributed by atoms with Crippen molar-refractivity contribution in [3.05, 3.63) is 54.3 Å². The van der Waals surface area contributed by atoms with E-state index in [0.29, 0.717) is 22.9 Å². The van der Waals surface area contributed by atoms with Crippen LogP contribution in [0.3, 0.4) is 0 Å². The molecule has 4 aromatic rings. The van der Waals surface area contributed by atoms with E-state index in [-0.39, 0.29) is 18.2 Å². The van der Waals surface area contributed by atoms with Gasteiger partial charge in [-0.3, -0.25) is 9.20 Å². The minimum Gasteiger partial charge on any atom is -0.478 e. The van der Waals surface area contributed by atoms with Crippen molar-refractivity contribution in [3.63, 3.8) is 0 Å². The number of hydrogen-bond donors (Lipinski definition) is 1. The maximum absolute atomic E-state index is 12.3. The number of amides is 1. The van der Waals surface area contributed by atoms with Crippen molar-refractivity contribution in [2.24, 2.45) is 0 Å². The first kappa shape index (κ1) is 14.2. The van der Waals surface area contributed by atoms with E-state index >= 15 is 0 Å². The molecule has 24 heavy (non-hydrogen) atoms. The number of hydrogen-bond acceptors (Lipinski definition) is 6. The molecule has 3 heterocycles. The fraction of sp³-hybridized carbons (Fsp3) is 0.125. The predicted molar refractivity (Wildman–Crippen MR) is 84.7 cm³/mol. The molecular weight excluding hydrogens is 310 g/mol. The third-order valence-corrected chi connectivity index (χ3v) is 3.61. The smallest absolute Gasteiger partial charge is 0.287 e. The number of furan rings is 1. The highest BCUT2D eigenvalue weighted by Gasteiger charge is 2.15. The summed E-state index contributed by atoms with van der Waals surface area (Å²) in [5.41, 5.74) is 1.17. The van der Waals surface area contributed by atoms with Gasteiger partial charge >= 0.3 is 0 Å². The van der Waals surface area contributed by atoms with Gasteiger partial charge in [-0.2, -0.15) is 0 Å². The molecule has 1 aromatic carbocycles. The van der Waals surface area contributed by atoms with Gasteiger partial charge in [0.2, 0.25) is 5.65 Å². The summed E-state index contributed by atoms with van der Waals surface area (Å²) in [6.45, 7) is 0.199. The molecule has 1 amide bonds. The lowest BCUT2D eigenvalue weighted by molar-refractivity contribution is 0.0924. The van der Waals surface area contributed by atoms with Crippen LogP contribution in [-0.4, -0.2) is 32.6 Å². The van der Waals surface area contributed by atoms with Gasteiger partial charge in [0, 0.05) is 17.8 Å². The summed E-state index contributed by atoms with van der Waals surface area (Å²) in [4.78, 5) is 16.3. The molecule has 0 aliphatic heterocycles. The molecular formula is C16H13N5O3. The molecule has 0 aliphatic carbocycles. The highest BCUT2D eigenvalue weighted by atomic mass is 16.5. The number of carbonyl (C=O) groups is 1. The maximum atomic E-state index is 12.3. The molecule has 0 spiro atoms. The second-order valence-electron chi connectivity index (χ2n) is 5.08. The standard InChI is InChI=1S/C16H13N5O3/c1-23-16-14-20-19-13(21(14)7-6-17-16)9-18-15(22)12-8-10-4-2-3-5-11(10)24-12/h2-8H,9H2,1H3,(H,18,22). The molecule has 0 saturated heterocycles. The van der Waals surface area contributed by atoms with Crippen molar-refractivity contribution in [1.82, 2.24) is 24.9 Å². The first-order valence-electron chi connectivity index (χ1n) is 7.25. The summed E-state index contributed by atoms with van der Waals surface area (Å²) >= 11 is 0. The van der Waals surface area contributed by atoms with Crippen LogP contribution >= 0.6 is 0 Å². The summed E-state index contributed by atoms with van der Waals surface area (Å²) < 4.78 is 12.4. The normalized spacial score (nSPS) is 11.0. The maximum Gasteiger partial charge on any atom is 0.287 e. The number of ether oxygens (including phenoxy) is 1. The van der Waals surface area contributed by atoms with Gasteiger partial charge in [-0.1, -0.05) is 18.2 Å². The number of benzene rings is 1. The Labute approximate surface area is 136 Å². The molecule has 120 valence electrons. The van der Waals surface area contributed by atoms with E-state index in [1.54, 1.807) is 22.9 Å². The predicted octanol–water partition coefficient (Wildman–Crippen LogP) is 1.81. The van der Waals surface area contributed by atoms with Crippen LogP contribution in [0.5, 0.6) is 5.88 Å². The van der Waals surface area contributed by atoms with Gasteiger partial charge in [0.1, 0.15) is 5.58 Å². The number of para-hydroxylation sites is 1. The van der Waals surface area contributed by atoms with Crippen molar-refractivity contribution in [2.45, 2.75) is 6.54 Å². The molecule has 8 nitrogen and oxygen atoms in total. The van der Waals surface area contributed by atoms with E-state index in [2.05, 4.69) is 20.5 Å². The van der Waals surface area contributed by atoms with Crippen molar-refractivity contribution in [1.29, 1.82) is 0 Å². The molecule has 0 atom stereocenters. The minimum atomic E-state index is -0.316. The fourth-order valence-corrected chi connectivity index (χ4v) is 2.46. The Balaban J connectivity index is 1.55. The van der Waals surface area contributed by atoms with Gasteiger partial charge < -0.3 is 14.5 Å². The van der Waals surface area contributed by atoms with Crippen molar-refractivity contribution < 1.29 is 13.9 Å². The number of methoxy groups -OCH3 is 1. The Morgan fingerprint density at radius 1 is 1.33 bits per heavy atom. The fourth-order valence-electron chi connectivity index (χ4n) is 2.46. The lowest BCUT2D eigenvalue weighted by atomic mass is 10.2. The first-order chi connectivity index (χ1) is 11.8. The lowest BCUT2D eigenvalue weighted by Gasteiger charge is -2.03. The van der Waals surface area contributed by atoms with Gasteiger partial charge in [0.25, 0.3) is 11.8 Å². The van der Waals surface area contributed by atoms with E-state index < -0.39 is 0 Å². The number of nitrogens with zero attached hydrogens (tertiary/aromatic N) is 4. The molecule has 0 unspecified atom stereocenters. The van der Waals surface area contributed by atoms with Crippen LogP contribution in [0.1, 0.15) is 16.4 Å². The van der Waals surface area contributed by atoms with Gasteiger partial charge in [-0.25, -0.2) is 4.98 Å². The van der Waals surface area contributed by atoms with E-state index in [9.17, 15) is 4.79 Å². The quantitative estimate of drug-likeness (QED) is 0.615. The average molecular weight is 323 g/mol. The highest BCUT2D eigenvalue weighted by molar-refractivity contribution is 5.95. The summed E-state index contributed by atoms with van der Waals surface area (Å²) in [5.74, 6) is 0.878. The van der Waals surface area contributed by atoms with Crippen LogP contribution in [0.15, 0.2) is 47.1 Å². The van der Waals surface area contributed by atoms with Crippen LogP contribution in [0.2, 0.25) is 0 Å². The minimum absolute atomic E-state index is 0.199. The van der Waals surface area contributed by atoms with Gasteiger partial charge in [-0.05, 0) is 12.1 Å². The third kappa shape index (κ3) is 2.34.